The van der Waals surface area contributed by atoms with Gasteiger partial charge < -0.3 is 19.5 Å². The second kappa shape index (κ2) is 9.71. The number of nitrogens with zero attached hydrogens (tertiary/aromatic N) is 3. The minimum atomic E-state index is -0.501. The number of pyridine rings is 1. The summed E-state index contributed by atoms with van der Waals surface area (Å²) in [6.45, 7) is 2.25. The Balaban J connectivity index is 1.59. The summed E-state index contributed by atoms with van der Waals surface area (Å²) in [7, 11) is 5.12. The van der Waals surface area contributed by atoms with Crippen molar-refractivity contribution in [2.45, 2.75) is 25.7 Å². The van der Waals surface area contributed by atoms with E-state index in [0.29, 0.717) is 38.5 Å². The molecule has 29 heavy (non-hydrogen) atoms. The van der Waals surface area contributed by atoms with E-state index in [1.165, 1.54) is 0 Å². The van der Waals surface area contributed by atoms with Gasteiger partial charge >= 0.3 is 0 Å². The molecule has 7 heteroatoms. The van der Waals surface area contributed by atoms with Crippen molar-refractivity contribution in [3.05, 3.63) is 53.7 Å². The highest BCUT2D eigenvalue weighted by Crippen LogP contribution is 2.25. The summed E-state index contributed by atoms with van der Waals surface area (Å²) in [4.78, 5) is 20.1. The molecule has 1 aromatic heterocycles. The number of carbonyl (C=O) groups is 1. The maximum absolute atomic E-state index is 12.0. The van der Waals surface area contributed by atoms with Gasteiger partial charge in [-0.3, -0.25) is 9.69 Å². The summed E-state index contributed by atoms with van der Waals surface area (Å²) >= 11 is 0. The average Bonchev–Trinajstić information content (AvgIpc) is 3.06. The highest BCUT2D eigenvalue weighted by molar-refractivity contribution is 5.75. The first-order valence-electron chi connectivity index (χ1n) is 9.76. The van der Waals surface area contributed by atoms with Crippen LogP contribution < -0.4 is 9.47 Å². The zero-order valence-electron chi connectivity index (χ0n) is 17.2. The van der Waals surface area contributed by atoms with Crippen molar-refractivity contribution < 1.29 is 19.4 Å². The molecule has 0 spiro atoms. The first-order chi connectivity index (χ1) is 14.0. The number of rotatable bonds is 8. The molecule has 1 aliphatic heterocycles. The lowest BCUT2D eigenvalue weighted by atomic mass is 10.0. The molecule has 2 aromatic rings. The van der Waals surface area contributed by atoms with Crippen LogP contribution in [0.4, 0.5) is 0 Å². The quantitative estimate of drug-likeness (QED) is 0.731. The Labute approximate surface area is 171 Å². The summed E-state index contributed by atoms with van der Waals surface area (Å²) in [5.74, 6) is 1.39. The van der Waals surface area contributed by atoms with E-state index in [1.807, 2.05) is 36.4 Å². The fourth-order valence-electron chi connectivity index (χ4n) is 3.47. The lowest BCUT2D eigenvalue weighted by molar-refractivity contribution is -0.130. The van der Waals surface area contributed by atoms with E-state index in [4.69, 9.17) is 9.47 Å². The second-order valence-electron chi connectivity index (χ2n) is 7.62. The fraction of sp³-hybridized carbons (Fsp3) is 0.455. The van der Waals surface area contributed by atoms with Crippen LogP contribution in [0, 0.1) is 5.92 Å². The van der Waals surface area contributed by atoms with Crippen molar-refractivity contribution in [2.24, 2.45) is 5.92 Å². The zero-order chi connectivity index (χ0) is 20.8. The van der Waals surface area contributed by atoms with Gasteiger partial charge in [0.15, 0.2) is 0 Å². The van der Waals surface area contributed by atoms with Crippen LogP contribution in [0.25, 0.3) is 0 Å². The van der Waals surface area contributed by atoms with Crippen LogP contribution in [0.15, 0.2) is 42.6 Å². The van der Waals surface area contributed by atoms with Crippen LogP contribution in [-0.4, -0.2) is 66.2 Å². The monoisotopic (exact) mass is 399 g/mol. The lowest BCUT2D eigenvalue weighted by Crippen LogP contribution is -2.28. The number of benzene rings is 1. The largest absolute Gasteiger partial charge is 0.497 e. The lowest BCUT2D eigenvalue weighted by Gasteiger charge is -2.18. The zero-order valence-corrected chi connectivity index (χ0v) is 17.2. The number of carbonyl (C=O) groups excluding carboxylic acids is 1. The summed E-state index contributed by atoms with van der Waals surface area (Å²) in [6, 6.07) is 11.6. The number of aliphatic hydroxyl groups is 1. The van der Waals surface area contributed by atoms with Crippen LogP contribution in [0.3, 0.4) is 0 Å². The molecular formula is C22H29N3O4. The van der Waals surface area contributed by atoms with Crippen LogP contribution in [-0.2, 0) is 17.9 Å². The normalized spacial score (nSPS) is 19.2. The minimum absolute atomic E-state index is 0.0424. The molecule has 1 aromatic carbocycles. The van der Waals surface area contributed by atoms with E-state index in [0.717, 1.165) is 16.9 Å². The van der Waals surface area contributed by atoms with E-state index < -0.39 is 6.10 Å². The highest BCUT2D eigenvalue weighted by Gasteiger charge is 2.33. The van der Waals surface area contributed by atoms with Gasteiger partial charge in [-0.15, -0.1) is 0 Å². The van der Waals surface area contributed by atoms with Crippen molar-refractivity contribution in [1.82, 2.24) is 14.8 Å². The molecular weight excluding hydrogens is 370 g/mol. The van der Waals surface area contributed by atoms with Gasteiger partial charge in [0, 0.05) is 57.8 Å². The molecule has 1 fully saturated rings. The van der Waals surface area contributed by atoms with Gasteiger partial charge in [-0.1, -0.05) is 18.2 Å². The fourth-order valence-corrected chi connectivity index (χ4v) is 3.47. The molecule has 7 nitrogen and oxygen atoms in total. The standard InChI is InChI=1S/C22H29N3O4/c1-24(2)21(27)11-18-13-25(14-20(18)26)12-17-5-4-10-23-22(17)29-15-16-6-8-19(28-3)9-7-16/h4-10,18,20,26H,11-15H2,1-3H3/t18-,20-/m1/s1. The van der Waals surface area contributed by atoms with E-state index in [2.05, 4.69) is 9.88 Å². The van der Waals surface area contributed by atoms with Crippen molar-refractivity contribution in [3.8, 4) is 11.6 Å². The van der Waals surface area contributed by atoms with Gasteiger partial charge in [-0.25, -0.2) is 4.98 Å². The van der Waals surface area contributed by atoms with Gasteiger partial charge in [-0.2, -0.15) is 0 Å². The summed E-state index contributed by atoms with van der Waals surface area (Å²) in [5.41, 5.74) is 1.99. The summed E-state index contributed by atoms with van der Waals surface area (Å²) in [6.07, 6.45) is 1.57. The topological polar surface area (TPSA) is 75.1 Å². The van der Waals surface area contributed by atoms with Gasteiger partial charge in [0.25, 0.3) is 0 Å². The Kier molecular flexibility index (Phi) is 7.06. The Bertz CT molecular complexity index is 810. The third kappa shape index (κ3) is 5.68. The molecule has 0 saturated carbocycles. The van der Waals surface area contributed by atoms with Crippen LogP contribution in [0.5, 0.6) is 11.6 Å². The predicted octanol–water partition coefficient (Wildman–Crippen LogP) is 1.94. The molecule has 156 valence electrons. The van der Waals surface area contributed by atoms with E-state index >= 15 is 0 Å². The number of likely N-dealkylation sites (tertiary alicyclic amines) is 1. The van der Waals surface area contributed by atoms with Crippen molar-refractivity contribution in [1.29, 1.82) is 0 Å². The van der Waals surface area contributed by atoms with Gasteiger partial charge in [-0.05, 0) is 23.8 Å². The number of aliphatic hydroxyl groups excluding tert-OH is 1. The van der Waals surface area contributed by atoms with Crippen molar-refractivity contribution >= 4 is 5.91 Å². The van der Waals surface area contributed by atoms with Crippen LogP contribution in [0.1, 0.15) is 17.5 Å². The number of β-amino-alcohol motifs (C(OH)–C–C–N with tert-alkyl or cyclic N) is 1. The molecule has 2 heterocycles. The van der Waals surface area contributed by atoms with Gasteiger partial charge in [0.1, 0.15) is 12.4 Å². The minimum Gasteiger partial charge on any atom is -0.497 e. The van der Waals surface area contributed by atoms with E-state index in [-0.39, 0.29) is 11.8 Å². The first-order valence-corrected chi connectivity index (χ1v) is 9.76. The Morgan fingerprint density at radius 2 is 2.00 bits per heavy atom. The Morgan fingerprint density at radius 3 is 2.69 bits per heavy atom. The Morgan fingerprint density at radius 1 is 1.24 bits per heavy atom. The van der Waals surface area contributed by atoms with Gasteiger partial charge in [0.05, 0.1) is 13.2 Å². The SMILES string of the molecule is COc1ccc(COc2ncccc2CN2C[C@@H](CC(=O)N(C)C)[C@H](O)C2)cc1. The maximum atomic E-state index is 12.0. The van der Waals surface area contributed by atoms with Crippen LogP contribution >= 0.6 is 0 Å². The molecule has 3 rings (SSSR count). The average molecular weight is 399 g/mol. The maximum Gasteiger partial charge on any atom is 0.222 e. The highest BCUT2D eigenvalue weighted by atomic mass is 16.5. The number of amides is 1. The number of hydrogen-bond acceptors (Lipinski definition) is 6. The Hall–Kier alpha value is -2.64. The van der Waals surface area contributed by atoms with E-state index in [1.54, 1.807) is 32.3 Å². The summed E-state index contributed by atoms with van der Waals surface area (Å²) < 4.78 is 11.1. The third-order valence-corrected chi connectivity index (χ3v) is 5.20. The molecule has 1 saturated heterocycles. The van der Waals surface area contributed by atoms with Crippen molar-refractivity contribution in [2.75, 3.05) is 34.3 Å². The van der Waals surface area contributed by atoms with Gasteiger partial charge in [0.2, 0.25) is 11.8 Å². The first kappa shape index (κ1) is 21.1. The number of methoxy groups -OCH3 is 1. The summed E-state index contributed by atoms with van der Waals surface area (Å²) in [5, 5.41) is 10.4. The van der Waals surface area contributed by atoms with E-state index in [9.17, 15) is 9.90 Å². The number of aromatic nitrogens is 1. The van der Waals surface area contributed by atoms with Crippen LogP contribution in [0.2, 0.25) is 0 Å². The molecule has 2 atom stereocenters. The number of ether oxygens (including phenoxy) is 2. The molecule has 1 amide bonds. The molecule has 1 N–H and O–H groups in total. The molecule has 0 bridgehead atoms. The number of hydrogen-bond donors (Lipinski definition) is 1. The molecule has 1 aliphatic rings. The second-order valence-corrected chi connectivity index (χ2v) is 7.62. The third-order valence-electron chi connectivity index (χ3n) is 5.20. The smallest absolute Gasteiger partial charge is 0.222 e. The molecule has 0 unspecified atom stereocenters. The predicted molar refractivity (Wildman–Crippen MR) is 110 cm³/mol. The molecule has 0 aliphatic carbocycles. The molecule has 0 radical (unpaired) electrons. The van der Waals surface area contributed by atoms with Crippen molar-refractivity contribution in [3.63, 3.8) is 0 Å².